The molecule has 1 aromatic rings. The lowest BCUT2D eigenvalue weighted by Crippen LogP contribution is -2.49. The van der Waals surface area contributed by atoms with Crippen molar-refractivity contribution in [2.45, 2.75) is 25.4 Å². The maximum Gasteiger partial charge on any atom is 0.409 e. The molecule has 8 heteroatoms. The third-order valence-corrected chi connectivity index (χ3v) is 4.23. The predicted molar refractivity (Wildman–Crippen MR) is 95.0 cm³/mol. The fraction of sp³-hybridized carbons (Fsp3) is 0.529. The number of nitrogens with zero attached hydrogens (tertiary/aromatic N) is 2. The molecule has 0 aliphatic carbocycles. The van der Waals surface area contributed by atoms with Gasteiger partial charge in [-0.25, -0.2) is 4.79 Å². The zero-order chi connectivity index (χ0) is 18.2. The summed E-state index contributed by atoms with van der Waals surface area (Å²) in [5, 5.41) is 16.5. The lowest BCUT2D eigenvalue weighted by Gasteiger charge is -2.32. The van der Waals surface area contributed by atoms with Gasteiger partial charge in [-0.2, -0.15) is 0 Å². The second-order valence-electron chi connectivity index (χ2n) is 5.80. The van der Waals surface area contributed by atoms with Gasteiger partial charge in [-0.3, -0.25) is 4.99 Å². The number of likely N-dealkylation sites (tertiary alicyclic amines) is 1. The molecule has 0 unspecified atom stereocenters. The summed E-state index contributed by atoms with van der Waals surface area (Å²) in [5.74, 6) is 1.54. The number of phenols is 1. The number of guanidine groups is 1. The average Bonchev–Trinajstić information content (AvgIpc) is 2.66. The summed E-state index contributed by atoms with van der Waals surface area (Å²) in [7, 11) is 4.68. The van der Waals surface area contributed by atoms with E-state index in [0.29, 0.717) is 31.3 Å². The molecule has 0 aromatic heterocycles. The highest BCUT2D eigenvalue weighted by Gasteiger charge is 2.23. The zero-order valence-corrected chi connectivity index (χ0v) is 14.9. The first-order chi connectivity index (χ1) is 12.1. The number of carbonyl (C=O) groups excluding carboxylic acids is 1. The number of rotatable bonds is 4. The van der Waals surface area contributed by atoms with Gasteiger partial charge in [-0.15, -0.1) is 0 Å². The van der Waals surface area contributed by atoms with Crippen molar-refractivity contribution < 1.29 is 19.4 Å². The molecule has 8 nitrogen and oxygen atoms in total. The molecule has 3 N–H and O–H groups in total. The van der Waals surface area contributed by atoms with Gasteiger partial charge in [-0.05, 0) is 31.0 Å². The van der Waals surface area contributed by atoms with Crippen molar-refractivity contribution in [3.63, 3.8) is 0 Å². The first-order valence-corrected chi connectivity index (χ1v) is 8.23. The Hall–Kier alpha value is -2.64. The van der Waals surface area contributed by atoms with E-state index in [1.54, 1.807) is 37.3 Å². The van der Waals surface area contributed by atoms with Crippen LogP contribution in [0.2, 0.25) is 0 Å². The lowest BCUT2D eigenvalue weighted by atomic mass is 10.1. The Morgan fingerprint density at radius 3 is 2.68 bits per heavy atom. The lowest BCUT2D eigenvalue weighted by molar-refractivity contribution is 0.111. The molecule has 1 saturated heterocycles. The van der Waals surface area contributed by atoms with Gasteiger partial charge in [0, 0.05) is 38.3 Å². The molecule has 138 valence electrons. The molecule has 0 atom stereocenters. The Bertz CT molecular complexity index is 613. The molecule has 0 spiro atoms. The quantitative estimate of drug-likeness (QED) is 0.560. The van der Waals surface area contributed by atoms with E-state index in [0.717, 1.165) is 18.4 Å². The SMILES string of the molecule is CN=C(NCc1cc(OC)ccc1O)NC1CCN(C(=O)OC)CC1. The maximum atomic E-state index is 11.5. The number of nitrogens with one attached hydrogen (secondary N) is 2. The van der Waals surface area contributed by atoms with E-state index in [2.05, 4.69) is 15.6 Å². The van der Waals surface area contributed by atoms with Gasteiger partial charge in [0.05, 0.1) is 14.2 Å². The number of aliphatic imine (C=N–C) groups is 1. The largest absolute Gasteiger partial charge is 0.508 e. The van der Waals surface area contributed by atoms with Crippen LogP contribution in [0.3, 0.4) is 0 Å². The monoisotopic (exact) mass is 350 g/mol. The smallest absolute Gasteiger partial charge is 0.409 e. The Morgan fingerprint density at radius 1 is 1.36 bits per heavy atom. The number of benzene rings is 1. The zero-order valence-electron chi connectivity index (χ0n) is 14.9. The molecule has 1 fully saturated rings. The molecule has 25 heavy (non-hydrogen) atoms. The summed E-state index contributed by atoms with van der Waals surface area (Å²) < 4.78 is 9.92. The van der Waals surface area contributed by atoms with E-state index in [4.69, 9.17) is 9.47 Å². The predicted octanol–water partition coefficient (Wildman–Crippen LogP) is 1.30. The van der Waals surface area contributed by atoms with Crippen LogP contribution in [0.1, 0.15) is 18.4 Å². The fourth-order valence-electron chi connectivity index (χ4n) is 2.73. The summed E-state index contributed by atoms with van der Waals surface area (Å²) in [6, 6.07) is 5.33. The van der Waals surface area contributed by atoms with Crippen molar-refractivity contribution in [1.82, 2.24) is 15.5 Å². The van der Waals surface area contributed by atoms with Crippen LogP contribution in [0.15, 0.2) is 23.2 Å². The Balaban J connectivity index is 1.85. The number of phenolic OH excluding ortho intramolecular Hbond substituents is 1. The van der Waals surface area contributed by atoms with Crippen LogP contribution in [0.5, 0.6) is 11.5 Å². The van der Waals surface area contributed by atoms with E-state index in [1.807, 2.05) is 0 Å². The number of piperidine rings is 1. The van der Waals surface area contributed by atoms with Gasteiger partial charge in [-0.1, -0.05) is 0 Å². The maximum absolute atomic E-state index is 11.5. The number of carbonyl (C=O) groups is 1. The van der Waals surface area contributed by atoms with Crippen LogP contribution in [0.25, 0.3) is 0 Å². The second-order valence-corrected chi connectivity index (χ2v) is 5.80. The molecule has 0 radical (unpaired) electrons. The highest BCUT2D eigenvalue weighted by atomic mass is 16.5. The van der Waals surface area contributed by atoms with Crippen LogP contribution < -0.4 is 15.4 Å². The molecule has 0 bridgehead atoms. The molecule has 1 aliphatic rings. The third kappa shape index (κ3) is 5.17. The Labute approximate surface area is 147 Å². The van der Waals surface area contributed by atoms with Crippen molar-refractivity contribution in [2.24, 2.45) is 4.99 Å². The van der Waals surface area contributed by atoms with E-state index < -0.39 is 0 Å². The van der Waals surface area contributed by atoms with Crippen LogP contribution >= 0.6 is 0 Å². The molecule has 1 aliphatic heterocycles. The van der Waals surface area contributed by atoms with E-state index >= 15 is 0 Å². The van der Waals surface area contributed by atoms with Gasteiger partial charge in [0.1, 0.15) is 11.5 Å². The minimum absolute atomic E-state index is 0.204. The molecular weight excluding hydrogens is 324 g/mol. The topological polar surface area (TPSA) is 95.4 Å². The minimum atomic E-state index is -0.283. The number of hydrogen-bond acceptors (Lipinski definition) is 5. The molecular formula is C17H26N4O4. The van der Waals surface area contributed by atoms with Gasteiger partial charge in [0.2, 0.25) is 0 Å². The van der Waals surface area contributed by atoms with E-state index in [9.17, 15) is 9.90 Å². The Kier molecular flexibility index (Phi) is 6.73. The normalized spacial score (nSPS) is 15.6. The first-order valence-electron chi connectivity index (χ1n) is 8.23. The standard InChI is InChI=1S/C17H26N4O4/c1-18-16(19-11-12-10-14(24-2)4-5-15(12)22)20-13-6-8-21(9-7-13)17(23)25-3/h4-5,10,13,22H,6-9,11H2,1-3H3,(H2,18,19,20). The highest BCUT2D eigenvalue weighted by Crippen LogP contribution is 2.22. The number of methoxy groups -OCH3 is 2. The Morgan fingerprint density at radius 2 is 2.08 bits per heavy atom. The van der Waals surface area contributed by atoms with Gasteiger partial charge < -0.3 is 30.1 Å². The minimum Gasteiger partial charge on any atom is -0.508 e. The summed E-state index contributed by atoms with van der Waals surface area (Å²) in [4.78, 5) is 17.4. The summed E-state index contributed by atoms with van der Waals surface area (Å²) >= 11 is 0. The van der Waals surface area contributed by atoms with Gasteiger partial charge >= 0.3 is 6.09 Å². The van der Waals surface area contributed by atoms with Crippen molar-refractivity contribution in [3.05, 3.63) is 23.8 Å². The number of ether oxygens (including phenoxy) is 2. The molecule has 1 aromatic carbocycles. The van der Waals surface area contributed by atoms with Crippen molar-refractivity contribution in [1.29, 1.82) is 0 Å². The van der Waals surface area contributed by atoms with Crippen LogP contribution in [0, 0.1) is 0 Å². The summed E-state index contributed by atoms with van der Waals surface area (Å²) in [5.41, 5.74) is 0.725. The number of hydrogen-bond donors (Lipinski definition) is 3. The van der Waals surface area contributed by atoms with Crippen molar-refractivity contribution in [3.8, 4) is 11.5 Å². The second kappa shape index (κ2) is 9.00. The van der Waals surface area contributed by atoms with E-state index in [-0.39, 0.29) is 17.9 Å². The third-order valence-electron chi connectivity index (χ3n) is 4.23. The molecule has 0 saturated carbocycles. The van der Waals surface area contributed by atoms with Gasteiger partial charge in [0.25, 0.3) is 0 Å². The van der Waals surface area contributed by atoms with Crippen LogP contribution in [0.4, 0.5) is 4.79 Å². The molecule has 1 heterocycles. The summed E-state index contributed by atoms with van der Waals surface area (Å²) in [6.45, 7) is 1.72. The van der Waals surface area contributed by atoms with Crippen LogP contribution in [-0.2, 0) is 11.3 Å². The highest BCUT2D eigenvalue weighted by molar-refractivity contribution is 5.80. The number of aromatic hydroxyl groups is 1. The number of amides is 1. The van der Waals surface area contributed by atoms with Crippen molar-refractivity contribution in [2.75, 3.05) is 34.4 Å². The average molecular weight is 350 g/mol. The van der Waals surface area contributed by atoms with E-state index in [1.165, 1.54) is 7.11 Å². The molecule has 2 rings (SSSR count). The first kappa shape index (κ1) is 18.7. The summed E-state index contributed by atoms with van der Waals surface area (Å²) in [6.07, 6.45) is 1.36. The van der Waals surface area contributed by atoms with Gasteiger partial charge in [0.15, 0.2) is 5.96 Å². The molecule has 1 amide bonds. The van der Waals surface area contributed by atoms with Crippen molar-refractivity contribution >= 4 is 12.1 Å². The fourth-order valence-corrected chi connectivity index (χ4v) is 2.73. The van der Waals surface area contributed by atoms with Crippen LogP contribution in [-0.4, -0.2) is 62.5 Å².